The van der Waals surface area contributed by atoms with E-state index in [1.165, 1.54) is 20.2 Å². The molecule has 3 N–H and O–H groups in total. The van der Waals surface area contributed by atoms with Crippen LogP contribution in [0.2, 0.25) is 0 Å². The Bertz CT molecular complexity index is 1460. The zero-order valence-corrected chi connectivity index (χ0v) is 19.5. The first-order valence-corrected chi connectivity index (χ1v) is 10.9. The van der Waals surface area contributed by atoms with Crippen molar-refractivity contribution >= 4 is 39.6 Å². The summed E-state index contributed by atoms with van der Waals surface area (Å²) in [5.41, 5.74) is 2.47. The maximum atomic E-state index is 13.1. The summed E-state index contributed by atoms with van der Waals surface area (Å²) in [4.78, 5) is 25.1. The number of azo groups is 1. The molecule has 0 atom stereocenters. The van der Waals surface area contributed by atoms with Crippen molar-refractivity contribution in [2.75, 3.05) is 19.5 Å². The van der Waals surface area contributed by atoms with Crippen LogP contribution in [-0.2, 0) is 0 Å². The van der Waals surface area contributed by atoms with Crippen LogP contribution in [0.15, 0.2) is 83.0 Å². The lowest BCUT2D eigenvalue weighted by Crippen LogP contribution is -2.17. The fourth-order valence-electron chi connectivity index (χ4n) is 3.67. The van der Waals surface area contributed by atoms with E-state index in [2.05, 4.69) is 20.9 Å². The third-order valence-corrected chi connectivity index (χ3v) is 5.44. The smallest absolute Gasteiger partial charge is 0.259 e. The second-order valence-corrected chi connectivity index (χ2v) is 7.83. The number of nitrogens with zero attached hydrogens (tertiary/aromatic N) is 2. The molecule has 4 aromatic carbocycles. The molecular weight excluding hydrogens is 444 g/mol. The summed E-state index contributed by atoms with van der Waals surface area (Å²) < 4.78 is 5.35. The summed E-state index contributed by atoms with van der Waals surface area (Å²) in [6, 6.07) is 21.0. The summed E-state index contributed by atoms with van der Waals surface area (Å²) in [5, 5.41) is 26.3. The molecule has 4 aromatic rings. The minimum Gasteiger partial charge on any atom is -0.505 e. The van der Waals surface area contributed by atoms with Crippen molar-refractivity contribution in [1.82, 2.24) is 5.32 Å². The number of fused-ring (bicyclic) bond motifs is 1. The lowest BCUT2D eigenvalue weighted by molar-refractivity contribution is 0.0962. The van der Waals surface area contributed by atoms with E-state index in [0.29, 0.717) is 33.5 Å². The number of methoxy groups -OCH3 is 1. The van der Waals surface area contributed by atoms with E-state index in [-0.39, 0.29) is 22.9 Å². The van der Waals surface area contributed by atoms with E-state index in [4.69, 9.17) is 4.74 Å². The standard InChI is InChI=1S/C27H24N4O4/c1-16-7-6-9-19(13-16)29-27(34)21-14-17-8-4-5-10-20(17)24(25(21)32)31-30-22-15-18(26(33)28-2)11-12-23(22)35-3/h4-15,32H,1-3H3,(H,28,33)(H,29,34). The van der Waals surface area contributed by atoms with Crippen molar-refractivity contribution in [1.29, 1.82) is 0 Å². The minimum absolute atomic E-state index is 0.0604. The van der Waals surface area contributed by atoms with Crippen LogP contribution in [0.25, 0.3) is 10.8 Å². The molecule has 0 aliphatic heterocycles. The molecule has 0 spiro atoms. The van der Waals surface area contributed by atoms with Gasteiger partial charge in [0.2, 0.25) is 0 Å². The number of rotatable bonds is 6. The van der Waals surface area contributed by atoms with E-state index in [1.807, 2.05) is 37.3 Å². The first-order chi connectivity index (χ1) is 16.9. The molecule has 0 saturated heterocycles. The predicted molar refractivity (Wildman–Crippen MR) is 135 cm³/mol. The van der Waals surface area contributed by atoms with E-state index < -0.39 is 5.91 Å². The van der Waals surface area contributed by atoms with Gasteiger partial charge in [-0.1, -0.05) is 36.4 Å². The van der Waals surface area contributed by atoms with Crippen LogP contribution < -0.4 is 15.4 Å². The van der Waals surface area contributed by atoms with Gasteiger partial charge in [0.05, 0.1) is 12.7 Å². The molecule has 0 unspecified atom stereocenters. The number of anilines is 1. The van der Waals surface area contributed by atoms with E-state index >= 15 is 0 Å². The zero-order valence-electron chi connectivity index (χ0n) is 19.5. The summed E-state index contributed by atoms with van der Waals surface area (Å²) in [6.07, 6.45) is 0. The van der Waals surface area contributed by atoms with Gasteiger partial charge >= 0.3 is 0 Å². The third-order valence-electron chi connectivity index (χ3n) is 5.44. The number of nitrogens with one attached hydrogen (secondary N) is 2. The highest BCUT2D eigenvalue weighted by atomic mass is 16.5. The molecule has 0 heterocycles. The molecule has 0 aromatic heterocycles. The van der Waals surface area contributed by atoms with Crippen LogP contribution in [0.4, 0.5) is 17.1 Å². The second kappa shape index (κ2) is 10.0. The van der Waals surface area contributed by atoms with Crippen LogP contribution in [-0.4, -0.2) is 31.1 Å². The maximum Gasteiger partial charge on any atom is 0.259 e. The Morgan fingerprint density at radius 1 is 0.914 bits per heavy atom. The van der Waals surface area contributed by atoms with Crippen LogP contribution in [0.1, 0.15) is 26.3 Å². The van der Waals surface area contributed by atoms with Gasteiger partial charge in [-0.2, -0.15) is 0 Å². The number of carbonyl (C=O) groups is 2. The lowest BCUT2D eigenvalue weighted by atomic mass is 10.0. The highest BCUT2D eigenvalue weighted by Gasteiger charge is 2.19. The van der Waals surface area contributed by atoms with Crippen LogP contribution >= 0.6 is 0 Å². The van der Waals surface area contributed by atoms with Crippen molar-refractivity contribution in [3.63, 3.8) is 0 Å². The lowest BCUT2D eigenvalue weighted by Gasteiger charge is -2.12. The predicted octanol–water partition coefficient (Wildman–Crippen LogP) is 5.89. The van der Waals surface area contributed by atoms with Gasteiger partial charge in [0.25, 0.3) is 11.8 Å². The van der Waals surface area contributed by atoms with Crippen molar-refractivity contribution in [3.05, 3.63) is 89.5 Å². The number of ether oxygens (including phenoxy) is 1. The zero-order chi connectivity index (χ0) is 24.9. The molecule has 8 nitrogen and oxygen atoms in total. The van der Waals surface area contributed by atoms with Crippen molar-refractivity contribution in [2.45, 2.75) is 6.92 Å². The van der Waals surface area contributed by atoms with Gasteiger partial charge in [0.1, 0.15) is 17.1 Å². The number of amides is 2. The molecule has 0 radical (unpaired) electrons. The number of benzene rings is 4. The molecule has 176 valence electrons. The van der Waals surface area contributed by atoms with Crippen molar-refractivity contribution in [3.8, 4) is 11.5 Å². The third kappa shape index (κ3) is 4.96. The molecule has 2 amide bonds. The second-order valence-electron chi connectivity index (χ2n) is 7.83. The molecule has 8 heteroatoms. The first-order valence-electron chi connectivity index (χ1n) is 10.9. The Morgan fingerprint density at radius 2 is 1.71 bits per heavy atom. The summed E-state index contributed by atoms with van der Waals surface area (Å²) >= 11 is 0. The summed E-state index contributed by atoms with van der Waals surface area (Å²) in [7, 11) is 3.02. The fraction of sp³-hybridized carbons (Fsp3) is 0.111. The average Bonchev–Trinajstić information content (AvgIpc) is 2.87. The maximum absolute atomic E-state index is 13.1. The monoisotopic (exact) mass is 468 g/mol. The van der Waals surface area contributed by atoms with Crippen molar-refractivity contribution < 1.29 is 19.4 Å². The number of hydrogen-bond acceptors (Lipinski definition) is 6. The number of aromatic hydroxyl groups is 1. The Balaban J connectivity index is 1.79. The number of aryl methyl sites for hydroxylation is 1. The molecule has 0 bridgehead atoms. The minimum atomic E-state index is -0.477. The van der Waals surface area contributed by atoms with Gasteiger partial charge in [-0.25, -0.2) is 0 Å². The highest BCUT2D eigenvalue weighted by Crippen LogP contribution is 2.40. The molecule has 35 heavy (non-hydrogen) atoms. The van der Waals surface area contributed by atoms with Gasteiger partial charge in [-0.3, -0.25) is 9.59 Å². The molecular formula is C27H24N4O4. The van der Waals surface area contributed by atoms with E-state index in [1.54, 1.807) is 36.4 Å². The quantitative estimate of drug-likeness (QED) is 0.306. The molecule has 0 saturated carbocycles. The van der Waals surface area contributed by atoms with Gasteiger partial charge in [0.15, 0.2) is 5.75 Å². The highest BCUT2D eigenvalue weighted by molar-refractivity contribution is 6.11. The van der Waals surface area contributed by atoms with Crippen LogP contribution in [0.3, 0.4) is 0 Å². The van der Waals surface area contributed by atoms with Gasteiger partial charge in [-0.05, 0) is 54.3 Å². The number of carbonyl (C=O) groups excluding carboxylic acids is 2. The number of phenolic OH excluding ortho intramolecular Hbond substituents is 1. The first kappa shape index (κ1) is 23.4. The molecule has 0 fully saturated rings. The Labute approximate surface area is 202 Å². The Kier molecular flexibility index (Phi) is 6.73. The molecule has 0 aliphatic carbocycles. The topological polar surface area (TPSA) is 112 Å². The van der Waals surface area contributed by atoms with Gasteiger partial charge in [0, 0.05) is 23.7 Å². The van der Waals surface area contributed by atoms with E-state index in [0.717, 1.165) is 5.56 Å². The Hall–Kier alpha value is -4.72. The Morgan fingerprint density at radius 3 is 2.46 bits per heavy atom. The molecule has 4 rings (SSSR count). The van der Waals surface area contributed by atoms with Gasteiger partial charge < -0.3 is 20.5 Å². The van der Waals surface area contributed by atoms with Crippen LogP contribution in [0, 0.1) is 6.92 Å². The summed E-state index contributed by atoms with van der Waals surface area (Å²) in [5.74, 6) is -0.667. The fourth-order valence-corrected chi connectivity index (χ4v) is 3.67. The molecule has 0 aliphatic rings. The summed E-state index contributed by atoms with van der Waals surface area (Å²) in [6.45, 7) is 1.93. The van der Waals surface area contributed by atoms with Crippen LogP contribution in [0.5, 0.6) is 11.5 Å². The average molecular weight is 469 g/mol. The van der Waals surface area contributed by atoms with E-state index in [9.17, 15) is 14.7 Å². The number of hydrogen-bond donors (Lipinski definition) is 3. The largest absolute Gasteiger partial charge is 0.505 e. The van der Waals surface area contributed by atoms with Crippen molar-refractivity contribution in [2.24, 2.45) is 10.2 Å². The normalized spacial score (nSPS) is 10.9. The van der Waals surface area contributed by atoms with Gasteiger partial charge in [-0.15, -0.1) is 10.2 Å². The SMILES string of the molecule is CNC(=O)c1ccc(OC)c(N=Nc2c(O)c(C(=O)Nc3cccc(C)c3)cc3ccccc23)c1. The number of phenols is 1.